The number of hydrogen-bond donors (Lipinski definition) is 2. The van der Waals surface area contributed by atoms with E-state index < -0.39 is 11.4 Å². The highest BCUT2D eigenvalue weighted by Crippen LogP contribution is 2.43. The van der Waals surface area contributed by atoms with E-state index in [1.165, 1.54) is 12.1 Å². The Morgan fingerprint density at radius 2 is 1.73 bits per heavy atom. The molecule has 0 saturated carbocycles. The standard InChI is InChI=1S/C24H15ClFNO3/c1-12-6-8-13(9-7-12)22-20(15-10-17(26)16(25)11-18(15)27-22)21-23(28)14-4-2-3-5-19(14)30-24(21)29/h2-11,27-28H,1H3. The average Bonchev–Trinajstić information content (AvgIpc) is 3.07. The van der Waals surface area contributed by atoms with Gasteiger partial charge in [-0.05, 0) is 36.8 Å². The normalized spacial score (nSPS) is 11.4. The zero-order chi connectivity index (χ0) is 21.0. The number of aromatic amines is 1. The highest BCUT2D eigenvalue weighted by Gasteiger charge is 2.24. The molecule has 0 unspecified atom stereocenters. The van der Waals surface area contributed by atoms with Crippen LogP contribution in [-0.2, 0) is 0 Å². The summed E-state index contributed by atoms with van der Waals surface area (Å²) in [5.74, 6) is -0.837. The Labute approximate surface area is 175 Å². The van der Waals surface area contributed by atoms with Gasteiger partial charge >= 0.3 is 5.63 Å². The van der Waals surface area contributed by atoms with Gasteiger partial charge in [0.05, 0.1) is 16.1 Å². The van der Waals surface area contributed by atoms with Gasteiger partial charge in [0.1, 0.15) is 22.7 Å². The van der Waals surface area contributed by atoms with Gasteiger partial charge in [-0.15, -0.1) is 0 Å². The number of aromatic hydroxyl groups is 1. The van der Waals surface area contributed by atoms with Crippen LogP contribution in [0.25, 0.3) is 44.3 Å². The Bertz CT molecular complexity index is 1500. The predicted molar refractivity (Wildman–Crippen MR) is 117 cm³/mol. The van der Waals surface area contributed by atoms with Crippen molar-refractivity contribution in [3.8, 4) is 28.1 Å². The maximum atomic E-state index is 14.4. The van der Waals surface area contributed by atoms with Crippen LogP contribution in [0.1, 0.15) is 5.56 Å². The third kappa shape index (κ3) is 2.78. The number of aryl methyl sites for hydroxylation is 1. The Morgan fingerprint density at radius 3 is 2.50 bits per heavy atom. The van der Waals surface area contributed by atoms with Crippen molar-refractivity contribution in [1.82, 2.24) is 4.98 Å². The molecule has 0 aliphatic heterocycles. The Balaban J connectivity index is 1.94. The number of halogens is 2. The van der Waals surface area contributed by atoms with Gasteiger partial charge in [0, 0.05) is 16.5 Å². The number of H-pyrrole nitrogens is 1. The van der Waals surface area contributed by atoms with Gasteiger partial charge in [-0.25, -0.2) is 9.18 Å². The molecule has 3 aromatic carbocycles. The second kappa shape index (κ2) is 6.75. The summed E-state index contributed by atoms with van der Waals surface area (Å²) in [6.07, 6.45) is 0. The third-order valence-corrected chi connectivity index (χ3v) is 5.51. The maximum absolute atomic E-state index is 14.4. The van der Waals surface area contributed by atoms with Crippen LogP contribution in [0.15, 0.2) is 69.9 Å². The van der Waals surface area contributed by atoms with Crippen LogP contribution in [0.5, 0.6) is 5.75 Å². The van der Waals surface area contributed by atoms with Crippen LogP contribution >= 0.6 is 11.6 Å². The summed E-state index contributed by atoms with van der Waals surface area (Å²) in [5, 5.41) is 11.8. The SMILES string of the molecule is Cc1ccc(-c2[nH]c3cc(Cl)c(F)cc3c2-c2c(O)c3ccccc3oc2=O)cc1. The summed E-state index contributed by atoms with van der Waals surface area (Å²) in [6, 6.07) is 17.1. The highest BCUT2D eigenvalue weighted by atomic mass is 35.5. The van der Waals surface area contributed by atoms with E-state index in [1.807, 2.05) is 31.2 Å². The van der Waals surface area contributed by atoms with Crippen molar-refractivity contribution in [3.63, 3.8) is 0 Å². The molecule has 2 heterocycles. The molecule has 0 aliphatic carbocycles. The molecule has 2 aromatic heterocycles. The van der Waals surface area contributed by atoms with Crippen LogP contribution in [0.4, 0.5) is 4.39 Å². The van der Waals surface area contributed by atoms with Crippen LogP contribution in [0.3, 0.4) is 0 Å². The molecular weight excluding hydrogens is 405 g/mol. The summed E-state index contributed by atoms with van der Waals surface area (Å²) in [7, 11) is 0. The van der Waals surface area contributed by atoms with Crippen molar-refractivity contribution in [3.05, 3.63) is 87.5 Å². The largest absolute Gasteiger partial charge is 0.506 e. The molecule has 2 N–H and O–H groups in total. The molecule has 0 bridgehead atoms. The number of para-hydroxylation sites is 1. The van der Waals surface area contributed by atoms with Crippen molar-refractivity contribution in [1.29, 1.82) is 0 Å². The number of aromatic nitrogens is 1. The zero-order valence-corrected chi connectivity index (χ0v) is 16.5. The maximum Gasteiger partial charge on any atom is 0.348 e. The fraction of sp³-hybridized carbons (Fsp3) is 0.0417. The minimum Gasteiger partial charge on any atom is -0.506 e. The summed E-state index contributed by atoms with van der Waals surface area (Å²) in [5.41, 5.74) is 2.83. The fourth-order valence-corrected chi connectivity index (χ4v) is 3.90. The Hall–Kier alpha value is -3.57. The Kier molecular flexibility index (Phi) is 4.15. The predicted octanol–water partition coefficient (Wildman–Crippen LogP) is 6.41. The molecule has 0 radical (unpaired) electrons. The van der Waals surface area contributed by atoms with Gasteiger partial charge in [0.15, 0.2) is 0 Å². The monoisotopic (exact) mass is 419 g/mol. The van der Waals surface area contributed by atoms with Gasteiger partial charge in [-0.1, -0.05) is 53.6 Å². The smallest absolute Gasteiger partial charge is 0.348 e. The minimum atomic E-state index is -0.712. The lowest BCUT2D eigenvalue weighted by molar-refractivity contribution is 0.471. The Morgan fingerprint density at radius 1 is 1.00 bits per heavy atom. The van der Waals surface area contributed by atoms with Gasteiger partial charge < -0.3 is 14.5 Å². The van der Waals surface area contributed by atoms with E-state index in [4.69, 9.17) is 16.0 Å². The topological polar surface area (TPSA) is 66.2 Å². The first-order chi connectivity index (χ1) is 14.4. The quantitative estimate of drug-likeness (QED) is 0.325. The fourth-order valence-electron chi connectivity index (χ4n) is 3.74. The van der Waals surface area contributed by atoms with Gasteiger partial charge in [0.25, 0.3) is 0 Å². The lowest BCUT2D eigenvalue weighted by Crippen LogP contribution is -2.04. The van der Waals surface area contributed by atoms with E-state index in [0.717, 1.165) is 11.1 Å². The molecule has 0 amide bonds. The van der Waals surface area contributed by atoms with Crippen molar-refractivity contribution < 1.29 is 13.9 Å². The summed E-state index contributed by atoms with van der Waals surface area (Å²) in [4.78, 5) is 16.2. The molecule has 4 nitrogen and oxygen atoms in total. The number of hydrogen-bond acceptors (Lipinski definition) is 3. The van der Waals surface area contributed by atoms with Crippen molar-refractivity contribution in [2.75, 3.05) is 0 Å². The minimum absolute atomic E-state index is 0.0303. The summed E-state index contributed by atoms with van der Waals surface area (Å²) < 4.78 is 19.8. The van der Waals surface area contributed by atoms with Crippen LogP contribution in [-0.4, -0.2) is 10.1 Å². The highest BCUT2D eigenvalue weighted by molar-refractivity contribution is 6.31. The number of nitrogens with one attached hydrogen (secondary N) is 1. The lowest BCUT2D eigenvalue weighted by atomic mass is 9.97. The molecule has 0 saturated heterocycles. The first-order valence-electron chi connectivity index (χ1n) is 9.27. The average molecular weight is 420 g/mol. The van der Waals surface area contributed by atoms with Crippen molar-refractivity contribution in [2.45, 2.75) is 6.92 Å². The summed E-state index contributed by atoms with van der Waals surface area (Å²) in [6.45, 7) is 1.97. The van der Waals surface area contributed by atoms with Crippen LogP contribution in [0, 0.1) is 12.7 Å². The zero-order valence-electron chi connectivity index (χ0n) is 15.8. The molecule has 5 aromatic rings. The molecular formula is C24H15ClFNO3. The van der Waals surface area contributed by atoms with Crippen LogP contribution in [0.2, 0.25) is 5.02 Å². The summed E-state index contributed by atoms with van der Waals surface area (Å²) >= 11 is 5.98. The molecule has 0 aliphatic rings. The number of rotatable bonds is 2. The molecule has 0 spiro atoms. The van der Waals surface area contributed by atoms with Crippen LogP contribution < -0.4 is 5.63 Å². The van der Waals surface area contributed by atoms with E-state index in [-0.39, 0.29) is 21.9 Å². The van der Waals surface area contributed by atoms with Crippen molar-refractivity contribution >= 4 is 33.5 Å². The second-order valence-electron chi connectivity index (χ2n) is 7.16. The van der Waals surface area contributed by atoms with Crippen molar-refractivity contribution in [2.24, 2.45) is 0 Å². The van der Waals surface area contributed by atoms with E-state index in [2.05, 4.69) is 4.98 Å². The lowest BCUT2D eigenvalue weighted by Gasteiger charge is -2.09. The molecule has 148 valence electrons. The molecule has 0 fully saturated rings. The van der Waals surface area contributed by atoms with Gasteiger partial charge in [0.2, 0.25) is 0 Å². The molecule has 30 heavy (non-hydrogen) atoms. The molecule has 5 rings (SSSR count). The first kappa shape index (κ1) is 18.5. The molecule has 6 heteroatoms. The van der Waals surface area contributed by atoms with E-state index in [1.54, 1.807) is 24.3 Å². The van der Waals surface area contributed by atoms with Gasteiger partial charge in [-0.3, -0.25) is 0 Å². The molecule has 0 atom stereocenters. The van der Waals surface area contributed by atoms with E-state index >= 15 is 0 Å². The number of benzene rings is 3. The van der Waals surface area contributed by atoms with E-state index in [9.17, 15) is 14.3 Å². The number of fused-ring (bicyclic) bond motifs is 2. The van der Waals surface area contributed by atoms with Gasteiger partial charge in [-0.2, -0.15) is 0 Å². The van der Waals surface area contributed by atoms with E-state index in [0.29, 0.717) is 27.5 Å². The first-order valence-corrected chi connectivity index (χ1v) is 9.65. The third-order valence-electron chi connectivity index (χ3n) is 5.22. The second-order valence-corrected chi connectivity index (χ2v) is 7.57.